The first-order valence-corrected chi connectivity index (χ1v) is 10.0. The molecule has 0 unspecified atom stereocenters. The van der Waals surface area contributed by atoms with Crippen LogP contribution in [0.25, 0.3) is 0 Å². The van der Waals surface area contributed by atoms with Crippen molar-refractivity contribution in [2.24, 2.45) is 10.9 Å². The monoisotopic (exact) mass is 373 g/mol. The molecule has 0 fully saturated rings. The van der Waals surface area contributed by atoms with Crippen LogP contribution in [0.4, 0.5) is 0 Å². The van der Waals surface area contributed by atoms with Crippen molar-refractivity contribution < 1.29 is 9.47 Å². The summed E-state index contributed by atoms with van der Waals surface area (Å²) in [6, 6.07) is 6.37. The minimum Gasteiger partial charge on any atom is -0.493 e. The Bertz CT molecular complexity index is 638. The molecule has 0 saturated carbocycles. The number of hydrogen-bond acceptors (Lipinski definition) is 3. The number of rotatable bonds is 9. The molecule has 0 amide bonds. The van der Waals surface area contributed by atoms with Crippen LogP contribution in [0.3, 0.4) is 0 Å². The summed E-state index contributed by atoms with van der Waals surface area (Å²) in [5.41, 5.74) is 3.83. The Morgan fingerprint density at radius 2 is 2.15 bits per heavy atom. The number of hydrogen-bond donors (Lipinski definition) is 2. The SMILES string of the molecule is CN=C(NCCC1=CCOCC1)NCc1ccc(C)cc1OCCC(C)C. The molecule has 0 bridgehead atoms. The molecule has 5 heteroatoms. The second-order valence-corrected chi connectivity index (χ2v) is 7.43. The molecule has 5 nitrogen and oxygen atoms in total. The van der Waals surface area contributed by atoms with E-state index in [0.29, 0.717) is 12.5 Å². The van der Waals surface area contributed by atoms with Crippen molar-refractivity contribution in [3.8, 4) is 5.75 Å². The Morgan fingerprint density at radius 1 is 1.30 bits per heavy atom. The third-order valence-electron chi connectivity index (χ3n) is 4.64. The number of nitrogens with one attached hydrogen (secondary N) is 2. The lowest BCUT2D eigenvalue weighted by Crippen LogP contribution is -2.37. The van der Waals surface area contributed by atoms with Gasteiger partial charge in [0.25, 0.3) is 0 Å². The average molecular weight is 374 g/mol. The summed E-state index contributed by atoms with van der Waals surface area (Å²) >= 11 is 0. The molecule has 1 aliphatic heterocycles. The third-order valence-corrected chi connectivity index (χ3v) is 4.64. The molecule has 2 N–H and O–H groups in total. The van der Waals surface area contributed by atoms with Gasteiger partial charge in [0, 0.05) is 25.7 Å². The minimum atomic E-state index is 0.644. The van der Waals surface area contributed by atoms with Gasteiger partial charge in [0.05, 0.1) is 19.8 Å². The van der Waals surface area contributed by atoms with Crippen molar-refractivity contribution in [3.63, 3.8) is 0 Å². The number of aryl methyl sites for hydroxylation is 1. The second kappa shape index (κ2) is 11.7. The van der Waals surface area contributed by atoms with Gasteiger partial charge in [-0.15, -0.1) is 0 Å². The van der Waals surface area contributed by atoms with E-state index in [0.717, 1.165) is 62.9 Å². The third kappa shape index (κ3) is 8.04. The van der Waals surface area contributed by atoms with Crippen molar-refractivity contribution in [2.45, 2.75) is 46.6 Å². The topological polar surface area (TPSA) is 54.9 Å². The molecule has 0 saturated heterocycles. The highest BCUT2D eigenvalue weighted by Gasteiger charge is 2.07. The lowest BCUT2D eigenvalue weighted by Gasteiger charge is -2.17. The van der Waals surface area contributed by atoms with Gasteiger partial charge >= 0.3 is 0 Å². The molecule has 27 heavy (non-hydrogen) atoms. The quantitative estimate of drug-likeness (QED) is 0.392. The van der Waals surface area contributed by atoms with Gasteiger partial charge in [-0.25, -0.2) is 0 Å². The molecule has 1 aromatic carbocycles. The van der Waals surface area contributed by atoms with Crippen molar-refractivity contribution >= 4 is 5.96 Å². The Morgan fingerprint density at radius 3 is 2.85 bits per heavy atom. The van der Waals surface area contributed by atoms with Gasteiger partial charge in [-0.05, 0) is 43.7 Å². The largest absolute Gasteiger partial charge is 0.493 e. The van der Waals surface area contributed by atoms with Gasteiger partial charge in [0.1, 0.15) is 5.75 Å². The van der Waals surface area contributed by atoms with Crippen LogP contribution in [0.5, 0.6) is 5.75 Å². The van der Waals surface area contributed by atoms with E-state index in [1.54, 1.807) is 7.05 Å². The molecular weight excluding hydrogens is 338 g/mol. The first kappa shape index (κ1) is 21.3. The predicted octanol–water partition coefficient (Wildman–Crippen LogP) is 3.82. The number of nitrogens with zero attached hydrogens (tertiary/aromatic N) is 1. The maximum atomic E-state index is 6.04. The van der Waals surface area contributed by atoms with Gasteiger partial charge in [0.15, 0.2) is 5.96 Å². The maximum Gasteiger partial charge on any atom is 0.191 e. The van der Waals surface area contributed by atoms with Gasteiger partial charge in [-0.3, -0.25) is 4.99 Å². The summed E-state index contributed by atoms with van der Waals surface area (Å²) in [5, 5.41) is 6.79. The Balaban J connectivity index is 1.83. The summed E-state index contributed by atoms with van der Waals surface area (Å²) in [6.45, 7) is 10.4. The predicted molar refractivity (Wildman–Crippen MR) is 112 cm³/mol. The Hall–Kier alpha value is -2.01. The Labute approximate surface area is 164 Å². The van der Waals surface area contributed by atoms with Crippen LogP contribution in [0.15, 0.2) is 34.8 Å². The molecule has 2 rings (SSSR count). The zero-order chi connectivity index (χ0) is 19.5. The molecule has 0 atom stereocenters. The molecule has 0 radical (unpaired) electrons. The summed E-state index contributed by atoms with van der Waals surface area (Å²) in [4.78, 5) is 4.33. The highest BCUT2D eigenvalue weighted by Crippen LogP contribution is 2.21. The summed E-state index contributed by atoms with van der Waals surface area (Å²) in [7, 11) is 1.80. The molecule has 1 aliphatic rings. The number of ether oxygens (including phenoxy) is 2. The van der Waals surface area contributed by atoms with E-state index in [4.69, 9.17) is 9.47 Å². The van der Waals surface area contributed by atoms with Gasteiger partial charge in [0.2, 0.25) is 0 Å². The maximum absolute atomic E-state index is 6.04. The summed E-state index contributed by atoms with van der Waals surface area (Å²) in [6.07, 6.45) is 5.31. The van der Waals surface area contributed by atoms with E-state index in [1.807, 2.05) is 0 Å². The van der Waals surface area contributed by atoms with E-state index in [2.05, 4.69) is 60.7 Å². The van der Waals surface area contributed by atoms with Gasteiger partial charge in [-0.2, -0.15) is 0 Å². The molecule has 0 aromatic heterocycles. The number of benzene rings is 1. The fraction of sp³-hybridized carbons (Fsp3) is 0.591. The fourth-order valence-electron chi connectivity index (χ4n) is 2.88. The first-order chi connectivity index (χ1) is 13.1. The highest BCUT2D eigenvalue weighted by atomic mass is 16.5. The normalized spacial score (nSPS) is 14.9. The molecule has 0 spiro atoms. The van der Waals surface area contributed by atoms with Gasteiger partial charge in [-0.1, -0.05) is 37.6 Å². The molecular formula is C22H35N3O2. The van der Waals surface area contributed by atoms with Crippen LogP contribution in [-0.4, -0.2) is 39.4 Å². The zero-order valence-corrected chi connectivity index (χ0v) is 17.3. The smallest absolute Gasteiger partial charge is 0.191 e. The number of guanidine groups is 1. The van der Waals surface area contributed by atoms with Crippen molar-refractivity contribution in [2.75, 3.05) is 33.4 Å². The summed E-state index contributed by atoms with van der Waals surface area (Å²) < 4.78 is 11.4. The second-order valence-electron chi connectivity index (χ2n) is 7.43. The van der Waals surface area contributed by atoms with E-state index in [-0.39, 0.29) is 0 Å². The van der Waals surface area contributed by atoms with Crippen molar-refractivity contribution in [1.29, 1.82) is 0 Å². The molecule has 150 valence electrons. The van der Waals surface area contributed by atoms with Crippen LogP contribution in [-0.2, 0) is 11.3 Å². The van der Waals surface area contributed by atoms with Crippen LogP contribution >= 0.6 is 0 Å². The first-order valence-electron chi connectivity index (χ1n) is 10.0. The zero-order valence-electron chi connectivity index (χ0n) is 17.3. The molecule has 1 aromatic rings. The fourth-order valence-corrected chi connectivity index (χ4v) is 2.88. The molecule has 0 aliphatic carbocycles. The lowest BCUT2D eigenvalue weighted by molar-refractivity contribution is 0.153. The highest BCUT2D eigenvalue weighted by molar-refractivity contribution is 5.79. The lowest BCUT2D eigenvalue weighted by atomic mass is 10.1. The van der Waals surface area contributed by atoms with Gasteiger partial charge < -0.3 is 20.1 Å². The van der Waals surface area contributed by atoms with Crippen LogP contribution in [0, 0.1) is 12.8 Å². The summed E-state index contributed by atoms with van der Waals surface area (Å²) in [5.74, 6) is 2.42. The van der Waals surface area contributed by atoms with E-state index >= 15 is 0 Å². The van der Waals surface area contributed by atoms with E-state index in [9.17, 15) is 0 Å². The number of aliphatic imine (C=N–C) groups is 1. The standard InChI is InChI=1S/C22H35N3O2/c1-17(2)8-14-27-21-15-18(3)5-6-20(21)16-25-22(23-4)24-11-7-19-9-12-26-13-10-19/h5-6,9,15,17H,7-8,10-14,16H2,1-4H3,(H2,23,24,25). The molecule has 1 heterocycles. The van der Waals surface area contributed by atoms with Crippen molar-refractivity contribution in [1.82, 2.24) is 10.6 Å². The van der Waals surface area contributed by atoms with E-state index in [1.165, 1.54) is 11.1 Å². The van der Waals surface area contributed by atoms with Crippen LogP contribution < -0.4 is 15.4 Å². The van der Waals surface area contributed by atoms with Crippen LogP contribution in [0.2, 0.25) is 0 Å². The van der Waals surface area contributed by atoms with Crippen molar-refractivity contribution in [3.05, 3.63) is 41.0 Å². The minimum absolute atomic E-state index is 0.644. The average Bonchev–Trinajstić information content (AvgIpc) is 2.66. The van der Waals surface area contributed by atoms with E-state index < -0.39 is 0 Å². The Kier molecular flexibility index (Phi) is 9.19. The van der Waals surface area contributed by atoms with Crippen LogP contribution in [0.1, 0.15) is 44.2 Å².